The van der Waals surface area contributed by atoms with E-state index in [4.69, 9.17) is 10.8 Å². The lowest BCUT2D eigenvalue weighted by atomic mass is 10.3. The minimum absolute atomic E-state index is 0.101. The highest BCUT2D eigenvalue weighted by Crippen LogP contribution is 1.95. The molecule has 0 spiro atoms. The SMILES string of the molecule is CCC(=O)N(CCNC(=O)CN(CCN)C(=O)CC)CC(=O)O. The second kappa shape index (κ2) is 11.4. The van der Waals surface area contributed by atoms with Crippen LogP contribution >= 0.6 is 0 Å². The van der Waals surface area contributed by atoms with Gasteiger partial charge in [-0.2, -0.15) is 0 Å². The Kier molecular flexibility index (Phi) is 10.3. The standard InChI is InChI=1S/C14H26N4O5/c1-3-12(20)17(7-5-15)9-11(19)16-6-8-18(10-14(22)23)13(21)4-2/h3-10,15H2,1-2H3,(H,16,19)(H,22,23). The molecule has 0 saturated carbocycles. The van der Waals surface area contributed by atoms with E-state index in [1.807, 2.05) is 0 Å². The summed E-state index contributed by atoms with van der Waals surface area (Å²) in [5.41, 5.74) is 5.41. The van der Waals surface area contributed by atoms with Crippen LogP contribution < -0.4 is 11.1 Å². The maximum atomic E-state index is 11.8. The number of aliphatic carboxylic acids is 1. The zero-order chi connectivity index (χ0) is 17.8. The van der Waals surface area contributed by atoms with E-state index in [9.17, 15) is 19.2 Å². The van der Waals surface area contributed by atoms with Gasteiger partial charge in [-0.15, -0.1) is 0 Å². The van der Waals surface area contributed by atoms with Crippen molar-refractivity contribution in [3.05, 3.63) is 0 Å². The predicted octanol–water partition coefficient (Wildman–Crippen LogP) is -1.38. The molecule has 0 aliphatic rings. The van der Waals surface area contributed by atoms with E-state index in [0.717, 1.165) is 4.90 Å². The van der Waals surface area contributed by atoms with Crippen molar-refractivity contribution in [1.29, 1.82) is 0 Å². The van der Waals surface area contributed by atoms with Gasteiger partial charge < -0.3 is 26.0 Å². The number of hydrogen-bond donors (Lipinski definition) is 3. The number of hydrogen-bond acceptors (Lipinski definition) is 5. The molecule has 0 bridgehead atoms. The van der Waals surface area contributed by atoms with E-state index in [0.29, 0.717) is 6.54 Å². The third-order valence-electron chi connectivity index (χ3n) is 3.07. The lowest BCUT2D eigenvalue weighted by Crippen LogP contribution is -2.45. The summed E-state index contributed by atoms with van der Waals surface area (Å²) in [5, 5.41) is 11.3. The smallest absolute Gasteiger partial charge is 0.323 e. The van der Waals surface area contributed by atoms with Crippen LogP contribution in [-0.2, 0) is 19.2 Å². The van der Waals surface area contributed by atoms with Gasteiger partial charge in [0.15, 0.2) is 0 Å². The first-order valence-electron chi connectivity index (χ1n) is 7.59. The molecule has 4 N–H and O–H groups in total. The van der Waals surface area contributed by atoms with Crippen LogP contribution in [0.15, 0.2) is 0 Å². The van der Waals surface area contributed by atoms with Gasteiger partial charge in [0.05, 0.1) is 6.54 Å². The molecule has 9 nitrogen and oxygen atoms in total. The lowest BCUT2D eigenvalue weighted by molar-refractivity contribution is -0.144. The maximum Gasteiger partial charge on any atom is 0.323 e. The molecule has 0 aliphatic carbocycles. The van der Waals surface area contributed by atoms with Crippen LogP contribution in [-0.4, -0.2) is 77.9 Å². The zero-order valence-corrected chi connectivity index (χ0v) is 13.7. The summed E-state index contributed by atoms with van der Waals surface area (Å²) in [5.74, 6) is -1.95. The number of carboxylic acids is 1. The van der Waals surface area contributed by atoms with Gasteiger partial charge in [-0.3, -0.25) is 19.2 Å². The Morgan fingerprint density at radius 3 is 1.91 bits per heavy atom. The molecule has 9 heteroatoms. The molecule has 0 aromatic rings. The van der Waals surface area contributed by atoms with E-state index in [-0.39, 0.29) is 56.7 Å². The molecule has 0 aromatic heterocycles. The minimum Gasteiger partial charge on any atom is -0.480 e. The summed E-state index contributed by atoms with van der Waals surface area (Å²) >= 11 is 0. The summed E-state index contributed by atoms with van der Waals surface area (Å²) in [6, 6.07) is 0. The fourth-order valence-corrected chi connectivity index (χ4v) is 1.91. The average molecular weight is 330 g/mol. The number of carboxylic acid groups (broad SMARTS) is 1. The van der Waals surface area contributed by atoms with Crippen molar-refractivity contribution in [1.82, 2.24) is 15.1 Å². The first-order chi connectivity index (χ1) is 10.8. The highest BCUT2D eigenvalue weighted by molar-refractivity contribution is 5.85. The second-order valence-electron chi connectivity index (χ2n) is 4.87. The largest absolute Gasteiger partial charge is 0.480 e. The Balaban J connectivity index is 4.36. The van der Waals surface area contributed by atoms with Crippen molar-refractivity contribution < 1.29 is 24.3 Å². The molecule has 0 saturated heterocycles. The summed E-state index contributed by atoms with van der Waals surface area (Å²) in [6.45, 7) is 3.59. The topological polar surface area (TPSA) is 133 Å². The van der Waals surface area contributed by atoms with Crippen LogP contribution in [0, 0.1) is 0 Å². The van der Waals surface area contributed by atoms with Crippen molar-refractivity contribution in [3.8, 4) is 0 Å². The Hall–Kier alpha value is -2.16. The quantitative estimate of drug-likeness (QED) is 0.428. The van der Waals surface area contributed by atoms with Crippen LogP contribution in [0.25, 0.3) is 0 Å². The normalized spacial score (nSPS) is 10.0. The number of amides is 3. The molecule has 23 heavy (non-hydrogen) atoms. The van der Waals surface area contributed by atoms with Crippen LogP contribution in [0.4, 0.5) is 0 Å². The van der Waals surface area contributed by atoms with E-state index < -0.39 is 12.5 Å². The number of nitrogens with zero attached hydrogens (tertiary/aromatic N) is 2. The van der Waals surface area contributed by atoms with Crippen molar-refractivity contribution in [2.45, 2.75) is 26.7 Å². The third kappa shape index (κ3) is 8.77. The summed E-state index contributed by atoms with van der Waals surface area (Å²) < 4.78 is 0. The first kappa shape index (κ1) is 20.8. The van der Waals surface area contributed by atoms with E-state index in [2.05, 4.69) is 5.32 Å². The van der Waals surface area contributed by atoms with Crippen molar-refractivity contribution in [2.24, 2.45) is 5.73 Å². The molecule has 0 fully saturated rings. The number of nitrogens with one attached hydrogen (secondary N) is 1. The van der Waals surface area contributed by atoms with Crippen LogP contribution in [0.2, 0.25) is 0 Å². The molecule has 0 heterocycles. The number of nitrogens with two attached hydrogens (primary N) is 1. The molecule has 0 aromatic carbocycles. The molecule has 3 amide bonds. The summed E-state index contributed by atoms with van der Waals surface area (Å²) in [7, 11) is 0. The van der Waals surface area contributed by atoms with Gasteiger partial charge in [0.25, 0.3) is 0 Å². The number of carbonyl (C=O) groups is 4. The summed E-state index contributed by atoms with van der Waals surface area (Å²) in [6.07, 6.45) is 0.473. The first-order valence-corrected chi connectivity index (χ1v) is 7.59. The monoisotopic (exact) mass is 330 g/mol. The lowest BCUT2D eigenvalue weighted by Gasteiger charge is -2.22. The van der Waals surface area contributed by atoms with Crippen molar-refractivity contribution in [2.75, 3.05) is 39.3 Å². The molecule has 0 radical (unpaired) electrons. The van der Waals surface area contributed by atoms with Crippen molar-refractivity contribution >= 4 is 23.7 Å². The fraction of sp³-hybridized carbons (Fsp3) is 0.714. The zero-order valence-electron chi connectivity index (χ0n) is 13.7. The highest BCUT2D eigenvalue weighted by atomic mass is 16.4. The third-order valence-corrected chi connectivity index (χ3v) is 3.07. The molecule has 132 valence electrons. The van der Waals surface area contributed by atoms with Crippen LogP contribution in [0.5, 0.6) is 0 Å². The van der Waals surface area contributed by atoms with Gasteiger partial charge in [0.2, 0.25) is 17.7 Å². The molecule has 0 aliphatic heterocycles. The highest BCUT2D eigenvalue weighted by Gasteiger charge is 2.17. The van der Waals surface area contributed by atoms with E-state index in [1.54, 1.807) is 13.8 Å². The average Bonchev–Trinajstić information content (AvgIpc) is 2.51. The number of rotatable bonds is 11. The van der Waals surface area contributed by atoms with Crippen LogP contribution in [0.3, 0.4) is 0 Å². The fourth-order valence-electron chi connectivity index (χ4n) is 1.91. The summed E-state index contributed by atoms with van der Waals surface area (Å²) in [4.78, 5) is 48.3. The molecular weight excluding hydrogens is 304 g/mol. The molecular formula is C14H26N4O5. The van der Waals surface area contributed by atoms with E-state index in [1.165, 1.54) is 4.90 Å². The predicted molar refractivity (Wildman–Crippen MR) is 83.4 cm³/mol. The van der Waals surface area contributed by atoms with Crippen molar-refractivity contribution in [3.63, 3.8) is 0 Å². The maximum absolute atomic E-state index is 11.8. The minimum atomic E-state index is -1.11. The molecule has 0 atom stereocenters. The Morgan fingerprint density at radius 1 is 0.957 bits per heavy atom. The van der Waals surface area contributed by atoms with Gasteiger partial charge in [-0.05, 0) is 0 Å². The molecule has 0 rings (SSSR count). The number of carbonyl (C=O) groups excluding carboxylic acids is 3. The van der Waals surface area contributed by atoms with Crippen LogP contribution in [0.1, 0.15) is 26.7 Å². The Morgan fingerprint density at radius 2 is 1.48 bits per heavy atom. The van der Waals surface area contributed by atoms with E-state index >= 15 is 0 Å². The Bertz CT molecular complexity index is 427. The second-order valence-corrected chi connectivity index (χ2v) is 4.87. The molecule has 0 unspecified atom stereocenters. The van der Waals surface area contributed by atoms with Gasteiger partial charge in [-0.25, -0.2) is 0 Å². The van der Waals surface area contributed by atoms with Gasteiger partial charge in [-0.1, -0.05) is 13.8 Å². The van der Waals surface area contributed by atoms with Gasteiger partial charge in [0.1, 0.15) is 6.54 Å². The van der Waals surface area contributed by atoms with Gasteiger partial charge >= 0.3 is 5.97 Å². The Labute approximate surface area is 135 Å². The van der Waals surface area contributed by atoms with Gasteiger partial charge in [0, 0.05) is 39.0 Å².